The van der Waals surface area contributed by atoms with Crippen LogP contribution in [0.5, 0.6) is 0 Å². The molecular weight excluding hydrogens is 456 g/mol. The minimum Gasteiger partial charge on any atom is -0.333 e. The molecule has 6 nitrogen and oxygen atoms in total. The summed E-state index contributed by atoms with van der Waals surface area (Å²) in [5.74, 6) is 0.898. The highest BCUT2D eigenvalue weighted by Gasteiger charge is 2.33. The van der Waals surface area contributed by atoms with E-state index < -0.39 is 0 Å². The molecular formula is C28H30N4O2S. The maximum Gasteiger partial charge on any atom is 0.264 e. The average molecular weight is 487 g/mol. The Morgan fingerprint density at radius 1 is 1.06 bits per heavy atom. The number of carbonyl (C=O) groups excluding carboxylic acids is 1. The zero-order valence-electron chi connectivity index (χ0n) is 20.1. The van der Waals surface area contributed by atoms with Crippen LogP contribution in [0.25, 0.3) is 10.9 Å². The molecule has 5 rings (SSSR count). The van der Waals surface area contributed by atoms with Crippen LogP contribution >= 0.6 is 11.3 Å². The molecule has 35 heavy (non-hydrogen) atoms. The molecule has 7 heteroatoms. The number of thiophene rings is 1. The van der Waals surface area contributed by atoms with Gasteiger partial charge in [0.15, 0.2) is 0 Å². The number of fused-ring (bicyclic) bond motifs is 1. The van der Waals surface area contributed by atoms with E-state index in [1.807, 2.05) is 81.6 Å². The summed E-state index contributed by atoms with van der Waals surface area (Å²) in [6.07, 6.45) is 0.825. The quantitative estimate of drug-likeness (QED) is 0.393. The fourth-order valence-electron chi connectivity index (χ4n) is 5.07. The van der Waals surface area contributed by atoms with Crippen LogP contribution < -0.4 is 5.56 Å². The number of aromatic nitrogens is 2. The van der Waals surface area contributed by atoms with Crippen LogP contribution in [0.2, 0.25) is 0 Å². The van der Waals surface area contributed by atoms with Crippen LogP contribution in [-0.2, 0) is 6.54 Å². The molecule has 2 unspecified atom stereocenters. The number of nitrogens with zero attached hydrogens (tertiary/aromatic N) is 4. The number of hydrogen-bond donors (Lipinski definition) is 0. The van der Waals surface area contributed by atoms with Crippen molar-refractivity contribution in [1.82, 2.24) is 19.4 Å². The van der Waals surface area contributed by atoms with Gasteiger partial charge in [-0.25, -0.2) is 4.98 Å². The third-order valence-electron chi connectivity index (χ3n) is 6.85. The molecule has 0 aliphatic carbocycles. The van der Waals surface area contributed by atoms with Crippen molar-refractivity contribution >= 4 is 28.1 Å². The summed E-state index contributed by atoms with van der Waals surface area (Å²) in [6.45, 7) is 6.88. The van der Waals surface area contributed by atoms with E-state index in [1.54, 1.807) is 0 Å². The molecule has 2 aromatic carbocycles. The number of amides is 1. The number of benzene rings is 2. The Morgan fingerprint density at radius 3 is 2.54 bits per heavy atom. The van der Waals surface area contributed by atoms with Crippen molar-refractivity contribution in [3.8, 4) is 0 Å². The molecule has 180 valence electrons. The van der Waals surface area contributed by atoms with Gasteiger partial charge >= 0.3 is 0 Å². The second-order valence-electron chi connectivity index (χ2n) is 9.11. The summed E-state index contributed by atoms with van der Waals surface area (Å²) in [4.78, 5) is 36.8. The Balaban J connectivity index is 1.49. The van der Waals surface area contributed by atoms with E-state index in [4.69, 9.17) is 4.98 Å². The highest BCUT2D eigenvalue weighted by molar-refractivity contribution is 7.12. The Hall–Kier alpha value is -3.29. The third kappa shape index (κ3) is 4.66. The highest BCUT2D eigenvalue weighted by Crippen LogP contribution is 2.28. The average Bonchev–Trinajstić information content (AvgIpc) is 3.42. The van der Waals surface area contributed by atoms with Gasteiger partial charge in [-0.15, -0.1) is 11.3 Å². The van der Waals surface area contributed by atoms with Crippen molar-refractivity contribution in [2.75, 3.05) is 19.6 Å². The number of hydrogen-bond acceptors (Lipinski definition) is 5. The second kappa shape index (κ2) is 10.1. The Kier molecular flexibility index (Phi) is 6.79. The summed E-state index contributed by atoms with van der Waals surface area (Å²) >= 11 is 1.49. The van der Waals surface area contributed by atoms with Crippen LogP contribution in [0.15, 0.2) is 76.9 Å². The standard InChI is InChI=1S/C28H30N4O2S/c1-3-24(30-15-16-31(20(2)18-30)28(34)25-14-9-17-35-25)26-29-23-13-8-7-12-22(23)27(33)32(26)19-21-10-5-4-6-11-21/h4-14,17,20,24H,3,15-16,18-19H2,1-2H3. The van der Waals surface area contributed by atoms with Gasteiger partial charge in [0.05, 0.1) is 28.4 Å². The Bertz CT molecular complexity index is 1370. The SMILES string of the molecule is CCC(c1nc2ccccc2c(=O)n1Cc1ccccc1)N1CCN(C(=O)c2cccs2)C(C)C1. The Morgan fingerprint density at radius 2 is 1.83 bits per heavy atom. The van der Waals surface area contributed by atoms with Gasteiger partial charge < -0.3 is 4.90 Å². The summed E-state index contributed by atoms with van der Waals surface area (Å²) < 4.78 is 1.85. The van der Waals surface area contributed by atoms with Gasteiger partial charge in [-0.3, -0.25) is 19.1 Å². The second-order valence-corrected chi connectivity index (χ2v) is 10.1. The molecule has 4 aromatic rings. The van der Waals surface area contributed by atoms with Crippen molar-refractivity contribution < 1.29 is 4.79 Å². The molecule has 0 N–H and O–H groups in total. The van der Waals surface area contributed by atoms with E-state index in [9.17, 15) is 9.59 Å². The summed E-state index contributed by atoms with van der Waals surface area (Å²) in [6, 6.07) is 21.5. The molecule has 0 spiro atoms. The molecule has 1 fully saturated rings. The van der Waals surface area contributed by atoms with Crippen molar-refractivity contribution in [3.63, 3.8) is 0 Å². The monoisotopic (exact) mass is 486 g/mol. The lowest BCUT2D eigenvalue weighted by atomic mass is 10.1. The summed E-state index contributed by atoms with van der Waals surface area (Å²) in [7, 11) is 0. The van der Waals surface area contributed by atoms with E-state index in [0.717, 1.165) is 41.3 Å². The first-order valence-electron chi connectivity index (χ1n) is 12.2. The lowest BCUT2D eigenvalue weighted by Gasteiger charge is -2.43. The lowest BCUT2D eigenvalue weighted by Crippen LogP contribution is -2.55. The van der Waals surface area contributed by atoms with Crippen LogP contribution in [0.3, 0.4) is 0 Å². The number of para-hydroxylation sites is 1. The van der Waals surface area contributed by atoms with E-state index in [-0.39, 0.29) is 23.6 Å². The van der Waals surface area contributed by atoms with Gasteiger partial charge in [0.1, 0.15) is 5.82 Å². The first-order chi connectivity index (χ1) is 17.1. The molecule has 2 atom stereocenters. The normalized spacial score (nSPS) is 17.5. The number of carbonyl (C=O) groups is 1. The maximum absolute atomic E-state index is 13.6. The molecule has 0 saturated carbocycles. The van der Waals surface area contributed by atoms with Crippen LogP contribution in [0.4, 0.5) is 0 Å². The minimum absolute atomic E-state index is 0.00698. The van der Waals surface area contributed by atoms with Crippen molar-refractivity contribution in [3.05, 3.63) is 98.7 Å². The molecule has 0 bridgehead atoms. The van der Waals surface area contributed by atoms with Gasteiger partial charge in [-0.1, -0.05) is 55.5 Å². The first-order valence-corrected chi connectivity index (χ1v) is 13.1. The van der Waals surface area contributed by atoms with Gasteiger partial charge in [0.2, 0.25) is 0 Å². The smallest absolute Gasteiger partial charge is 0.264 e. The Labute approximate surface area is 209 Å². The predicted octanol–water partition coefficient (Wildman–Crippen LogP) is 4.80. The van der Waals surface area contributed by atoms with Gasteiger partial charge in [-0.05, 0) is 42.5 Å². The van der Waals surface area contributed by atoms with Gasteiger partial charge in [-0.2, -0.15) is 0 Å². The first kappa shape index (κ1) is 23.5. The van der Waals surface area contributed by atoms with E-state index in [2.05, 4.69) is 18.7 Å². The van der Waals surface area contributed by atoms with Crippen molar-refractivity contribution in [2.45, 2.75) is 38.9 Å². The summed E-state index contributed by atoms with van der Waals surface area (Å²) in [5, 5.41) is 2.58. The highest BCUT2D eigenvalue weighted by atomic mass is 32.1. The fraction of sp³-hybridized carbons (Fsp3) is 0.321. The van der Waals surface area contributed by atoms with E-state index in [1.165, 1.54) is 11.3 Å². The largest absolute Gasteiger partial charge is 0.333 e. The molecule has 1 amide bonds. The molecule has 3 heterocycles. The fourth-order valence-corrected chi connectivity index (χ4v) is 5.75. The number of piperazine rings is 1. The predicted molar refractivity (Wildman–Crippen MR) is 141 cm³/mol. The number of rotatable bonds is 6. The maximum atomic E-state index is 13.6. The van der Waals surface area contributed by atoms with E-state index in [0.29, 0.717) is 18.5 Å². The van der Waals surface area contributed by atoms with Crippen LogP contribution in [0, 0.1) is 0 Å². The molecule has 1 aliphatic heterocycles. The topological polar surface area (TPSA) is 58.4 Å². The van der Waals surface area contributed by atoms with Crippen LogP contribution in [0.1, 0.15) is 47.4 Å². The van der Waals surface area contributed by atoms with Gasteiger partial charge in [0, 0.05) is 25.7 Å². The molecule has 0 radical (unpaired) electrons. The lowest BCUT2D eigenvalue weighted by molar-refractivity contribution is 0.0365. The molecule has 2 aromatic heterocycles. The third-order valence-corrected chi connectivity index (χ3v) is 7.71. The van der Waals surface area contributed by atoms with Crippen LogP contribution in [-0.4, -0.2) is 50.9 Å². The minimum atomic E-state index is -0.0162. The molecule has 1 saturated heterocycles. The zero-order chi connectivity index (χ0) is 24.4. The van der Waals surface area contributed by atoms with Crippen molar-refractivity contribution in [1.29, 1.82) is 0 Å². The van der Waals surface area contributed by atoms with E-state index >= 15 is 0 Å². The van der Waals surface area contributed by atoms with Crippen molar-refractivity contribution in [2.24, 2.45) is 0 Å². The molecule has 1 aliphatic rings. The zero-order valence-corrected chi connectivity index (χ0v) is 20.9. The summed E-state index contributed by atoms with van der Waals surface area (Å²) in [5.41, 5.74) is 1.80. The van der Waals surface area contributed by atoms with Gasteiger partial charge in [0.25, 0.3) is 11.5 Å².